The highest BCUT2D eigenvalue weighted by Crippen LogP contribution is 2.31. The summed E-state index contributed by atoms with van der Waals surface area (Å²) in [7, 11) is 1.55. The van der Waals surface area contributed by atoms with Gasteiger partial charge in [0.25, 0.3) is 0 Å². The monoisotopic (exact) mass is 486 g/mol. The number of carbonyl (C=O) groups is 1. The molecule has 1 unspecified atom stereocenters. The molecule has 0 aromatic heterocycles. The first-order valence-corrected chi connectivity index (χ1v) is 11.3. The topological polar surface area (TPSA) is 50.8 Å². The van der Waals surface area contributed by atoms with Crippen molar-refractivity contribution < 1.29 is 27.4 Å². The molecule has 3 aromatic rings. The van der Waals surface area contributed by atoms with E-state index in [0.29, 0.717) is 30.2 Å². The number of hydrogen-bond donors (Lipinski definition) is 1. The van der Waals surface area contributed by atoms with Crippen LogP contribution < -0.4 is 14.8 Å². The highest BCUT2D eigenvalue weighted by atomic mass is 19.4. The fourth-order valence-corrected chi connectivity index (χ4v) is 3.45. The lowest BCUT2D eigenvalue weighted by Crippen LogP contribution is -2.40. The summed E-state index contributed by atoms with van der Waals surface area (Å²) in [5, 5.41) is 2.70. The standard InChI is InChI=1S/C27H29F3N2O3/c1-4-19(2)32(26(33)31-23-13-11-22(12-14-23)27(28,29)30)17-21-10-15-24(25(16-21)34-3)35-18-20-8-6-5-7-9-20/h5-16,19H,4,17-18H2,1-3H3,(H,31,33). The molecule has 0 heterocycles. The van der Waals surface area contributed by atoms with Gasteiger partial charge in [-0.2, -0.15) is 13.2 Å². The van der Waals surface area contributed by atoms with Crippen LogP contribution in [-0.2, 0) is 19.3 Å². The van der Waals surface area contributed by atoms with E-state index in [1.165, 1.54) is 12.1 Å². The summed E-state index contributed by atoms with van der Waals surface area (Å²) in [6.45, 7) is 4.56. The second kappa shape index (κ2) is 11.6. The zero-order chi connectivity index (χ0) is 25.4. The van der Waals surface area contributed by atoms with Crippen LogP contribution in [0.5, 0.6) is 11.5 Å². The molecule has 35 heavy (non-hydrogen) atoms. The van der Waals surface area contributed by atoms with Gasteiger partial charge in [-0.05, 0) is 60.9 Å². The molecule has 1 atom stereocenters. The smallest absolute Gasteiger partial charge is 0.416 e. The number of halogens is 3. The molecule has 186 valence electrons. The molecule has 2 amide bonds. The average Bonchev–Trinajstić information content (AvgIpc) is 2.86. The quantitative estimate of drug-likeness (QED) is 0.350. The highest BCUT2D eigenvalue weighted by Gasteiger charge is 2.30. The van der Waals surface area contributed by atoms with Crippen molar-refractivity contribution in [2.45, 2.75) is 45.6 Å². The van der Waals surface area contributed by atoms with Crippen molar-refractivity contribution in [2.24, 2.45) is 0 Å². The molecule has 0 aliphatic carbocycles. The van der Waals surface area contributed by atoms with E-state index in [1.807, 2.05) is 56.3 Å². The van der Waals surface area contributed by atoms with E-state index in [4.69, 9.17) is 9.47 Å². The minimum absolute atomic E-state index is 0.107. The van der Waals surface area contributed by atoms with Gasteiger partial charge in [0.05, 0.1) is 12.7 Å². The fraction of sp³-hybridized carbons (Fsp3) is 0.296. The number of amides is 2. The van der Waals surface area contributed by atoms with Gasteiger partial charge in [0.2, 0.25) is 0 Å². The van der Waals surface area contributed by atoms with Gasteiger partial charge in [-0.25, -0.2) is 4.79 Å². The molecule has 0 spiro atoms. The third kappa shape index (κ3) is 7.15. The maximum absolute atomic E-state index is 13.0. The number of nitrogens with one attached hydrogen (secondary N) is 1. The van der Waals surface area contributed by atoms with Crippen LogP contribution in [0.2, 0.25) is 0 Å². The predicted molar refractivity (Wildman–Crippen MR) is 130 cm³/mol. The molecule has 0 aliphatic heterocycles. The number of nitrogens with zero attached hydrogens (tertiary/aromatic N) is 1. The number of carbonyl (C=O) groups excluding carboxylic acids is 1. The molecule has 5 nitrogen and oxygen atoms in total. The van der Waals surface area contributed by atoms with Crippen molar-refractivity contribution in [1.82, 2.24) is 4.90 Å². The molecule has 0 bridgehead atoms. The van der Waals surface area contributed by atoms with Gasteiger partial charge in [-0.15, -0.1) is 0 Å². The van der Waals surface area contributed by atoms with E-state index in [2.05, 4.69) is 5.32 Å². The minimum Gasteiger partial charge on any atom is -0.493 e. The van der Waals surface area contributed by atoms with E-state index in [0.717, 1.165) is 23.3 Å². The summed E-state index contributed by atoms with van der Waals surface area (Å²) >= 11 is 0. The number of rotatable bonds is 9. The largest absolute Gasteiger partial charge is 0.493 e. The number of benzene rings is 3. The molecule has 0 aliphatic rings. The Bertz CT molecular complexity index is 1100. The maximum Gasteiger partial charge on any atom is 0.416 e. The molecule has 3 rings (SSSR count). The number of ether oxygens (including phenoxy) is 2. The third-order valence-corrected chi connectivity index (χ3v) is 5.67. The zero-order valence-electron chi connectivity index (χ0n) is 19.9. The highest BCUT2D eigenvalue weighted by molar-refractivity contribution is 5.89. The van der Waals surface area contributed by atoms with E-state index >= 15 is 0 Å². The Labute approximate surface area is 203 Å². The van der Waals surface area contributed by atoms with Crippen LogP contribution in [0.3, 0.4) is 0 Å². The second-order valence-electron chi connectivity index (χ2n) is 8.15. The Hall–Kier alpha value is -3.68. The molecular formula is C27H29F3N2O3. The van der Waals surface area contributed by atoms with Gasteiger partial charge in [0, 0.05) is 18.3 Å². The first-order chi connectivity index (χ1) is 16.7. The van der Waals surface area contributed by atoms with Crippen molar-refractivity contribution in [3.05, 3.63) is 89.5 Å². The van der Waals surface area contributed by atoms with Crippen LogP contribution in [0, 0.1) is 0 Å². The Kier molecular flexibility index (Phi) is 8.63. The fourth-order valence-electron chi connectivity index (χ4n) is 3.45. The summed E-state index contributed by atoms with van der Waals surface area (Å²) in [6, 6.07) is 19.1. The van der Waals surface area contributed by atoms with Gasteiger partial charge in [-0.3, -0.25) is 0 Å². The van der Waals surface area contributed by atoms with Gasteiger partial charge in [0.1, 0.15) is 6.61 Å². The second-order valence-corrected chi connectivity index (χ2v) is 8.15. The number of hydrogen-bond acceptors (Lipinski definition) is 3. The van der Waals surface area contributed by atoms with Crippen LogP contribution in [0.4, 0.5) is 23.7 Å². The van der Waals surface area contributed by atoms with Crippen molar-refractivity contribution in [2.75, 3.05) is 12.4 Å². The average molecular weight is 487 g/mol. The van der Waals surface area contributed by atoms with Crippen molar-refractivity contribution >= 4 is 11.7 Å². The molecule has 3 aromatic carbocycles. The Morgan fingerprint density at radius 1 is 0.971 bits per heavy atom. The van der Waals surface area contributed by atoms with Crippen LogP contribution in [0.15, 0.2) is 72.8 Å². The lowest BCUT2D eigenvalue weighted by atomic mass is 10.1. The van der Waals surface area contributed by atoms with Crippen molar-refractivity contribution in [3.8, 4) is 11.5 Å². The van der Waals surface area contributed by atoms with Crippen LogP contribution in [0.25, 0.3) is 0 Å². The molecule has 0 saturated carbocycles. The zero-order valence-corrected chi connectivity index (χ0v) is 19.9. The van der Waals surface area contributed by atoms with E-state index in [-0.39, 0.29) is 12.6 Å². The molecule has 8 heteroatoms. The van der Waals surface area contributed by atoms with Crippen LogP contribution >= 0.6 is 0 Å². The Balaban J connectivity index is 1.72. The number of methoxy groups -OCH3 is 1. The summed E-state index contributed by atoms with van der Waals surface area (Å²) in [6.07, 6.45) is -3.73. The number of urea groups is 1. The number of anilines is 1. The van der Waals surface area contributed by atoms with Crippen LogP contribution in [-0.4, -0.2) is 24.1 Å². The maximum atomic E-state index is 13.0. The van der Waals surface area contributed by atoms with Gasteiger partial charge in [-0.1, -0.05) is 43.3 Å². The SMILES string of the molecule is CCC(C)N(Cc1ccc(OCc2ccccc2)c(OC)c1)C(=O)Nc1ccc(C(F)(F)F)cc1. The van der Waals surface area contributed by atoms with Gasteiger partial charge >= 0.3 is 12.2 Å². The summed E-state index contributed by atoms with van der Waals surface area (Å²) < 4.78 is 49.9. The minimum atomic E-state index is -4.43. The molecule has 0 fully saturated rings. The number of alkyl halides is 3. The first kappa shape index (κ1) is 25.9. The summed E-state index contributed by atoms with van der Waals surface area (Å²) in [5.74, 6) is 1.13. The van der Waals surface area contributed by atoms with E-state index in [9.17, 15) is 18.0 Å². The molecule has 0 saturated heterocycles. The van der Waals surface area contributed by atoms with E-state index in [1.54, 1.807) is 18.1 Å². The van der Waals surface area contributed by atoms with Crippen molar-refractivity contribution in [1.29, 1.82) is 0 Å². The Morgan fingerprint density at radius 3 is 2.26 bits per heavy atom. The molecule has 0 radical (unpaired) electrons. The van der Waals surface area contributed by atoms with Crippen LogP contribution in [0.1, 0.15) is 37.0 Å². The molecule has 1 N–H and O–H groups in total. The Morgan fingerprint density at radius 2 is 1.66 bits per heavy atom. The lowest BCUT2D eigenvalue weighted by Gasteiger charge is -2.29. The van der Waals surface area contributed by atoms with Crippen molar-refractivity contribution in [3.63, 3.8) is 0 Å². The third-order valence-electron chi connectivity index (χ3n) is 5.67. The van der Waals surface area contributed by atoms with Gasteiger partial charge < -0.3 is 19.7 Å². The first-order valence-electron chi connectivity index (χ1n) is 11.3. The summed E-state index contributed by atoms with van der Waals surface area (Å²) in [5.41, 5.74) is 1.38. The summed E-state index contributed by atoms with van der Waals surface area (Å²) in [4.78, 5) is 14.7. The van der Waals surface area contributed by atoms with Gasteiger partial charge in [0.15, 0.2) is 11.5 Å². The lowest BCUT2D eigenvalue weighted by molar-refractivity contribution is -0.137. The predicted octanol–water partition coefficient (Wildman–Crippen LogP) is 7.13. The molecular weight excluding hydrogens is 457 g/mol. The van der Waals surface area contributed by atoms with E-state index < -0.39 is 17.8 Å². The normalized spacial score (nSPS) is 12.1.